The number of rotatable bonds is 5. The van der Waals surface area contributed by atoms with Crippen LogP contribution < -0.4 is 10.6 Å². The SMILES string of the molecule is CN=C(NCCc1c[nH]c2ccccc12)NCc1cccc(C)n1.I. The molecule has 0 aliphatic heterocycles. The zero-order valence-electron chi connectivity index (χ0n) is 14.5. The molecule has 0 unspecified atom stereocenters. The normalized spacial score (nSPS) is 11.2. The maximum atomic E-state index is 4.49. The average molecular weight is 449 g/mol. The first kappa shape index (κ1) is 19.2. The molecule has 3 N–H and O–H groups in total. The highest BCUT2D eigenvalue weighted by molar-refractivity contribution is 14.0. The number of aliphatic imine (C=N–C) groups is 1. The van der Waals surface area contributed by atoms with Gasteiger partial charge in [-0.2, -0.15) is 0 Å². The second kappa shape index (κ2) is 9.41. The van der Waals surface area contributed by atoms with E-state index in [1.54, 1.807) is 7.05 Å². The number of guanidine groups is 1. The lowest BCUT2D eigenvalue weighted by Crippen LogP contribution is -2.38. The maximum absolute atomic E-state index is 4.49. The van der Waals surface area contributed by atoms with Crippen LogP contribution in [-0.2, 0) is 13.0 Å². The average Bonchev–Trinajstić information content (AvgIpc) is 3.01. The predicted octanol–water partition coefficient (Wildman–Crippen LogP) is 3.40. The third-order valence-electron chi connectivity index (χ3n) is 3.97. The number of aromatic nitrogens is 2. The smallest absolute Gasteiger partial charge is 0.191 e. The lowest BCUT2D eigenvalue weighted by molar-refractivity contribution is 0.783. The molecule has 3 aromatic rings. The fourth-order valence-electron chi connectivity index (χ4n) is 2.75. The number of hydrogen-bond acceptors (Lipinski definition) is 2. The Morgan fingerprint density at radius 3 is 2.76 bits per heavy atom. The molecule has 2 heterocycles. The first-order chi connectivity index (χ1) is 11.8. The van der Waals surface area contributed by atoms with E-state index in [1.807, 2.05) is 31.2 Å². The molecule has 0 atom stereocenters. The number of aryl methyl sites for hydroxylation is 1. The van der Waals surface area contributed by atoms with Crippen molar-refractivity contribution in [3.8, 4) is 0 Å². The largest absolute Gasteiger partial charge is 0.361 e. The zero-order chi connectivity index (χ0) is 16.8. The molecule has 0 spiro atoms. The van der Waals surface area contributed by atoms with E-state index < -0.39 is 0 Å². The van der Waals surface area contributed by atoms with Crippen molar-refractivity contribution in [1.29, 1.82) is 0 Å². The monoisotopic (exact) mass is 449 g/mol. The van der Waals surface area contributed by atoms with Crippen molar-refractivity contribution in [3.05, 3.63) is 65.6 Å². The molecule has 0 amide bonds. The van der Waals surface area contributed by atoms with E-state index in [0.29, 0.717) is 6.54 Å². The van der Waals surface area contributed by atoms with Crippen LogP contribution in [0.3, 0.4) is 0 Å². The van der Waals surface area contributed by atoms with Crippen molar-refractivity contribution < 1.29 is 0 Å². The number of pyridine rings is 1. The topological polar surface area (TPSA) is 65.1 Å². The van der Waals surface area contributed by atoms with Gasteiger partial charge >= 0.3 is 0 Å². The van der Waals surface area contributed by atoms with Gasteiger partial charge in [0, 0.05) is 36.4 Å². The Morgan fingerprint density at radius 1 is 1.12 bits per heavy atom. The number of H-pyrrole nitrogens is 1. The van der Waals surface area contributed by atoms with E-state index in [4.69, 9.17) is 0 Å². The number of benzene rings is 1. The number of aromatic amines is 1. The van der Waals surface area contributed by atoms with Crippen molar-refractivity contribution >= 4 is 40.8 Å². The van der Waals surface area contributed by atoms with E-state index in [2.05, 4.69) is 50.0 Å². The van der Waals surface area contributed by atoms with Crippen LogP contribution in [0.2, 0.25) is 0 Å². The van der Waals surface area contributed by atoms with Crippen LogP contribution in [0.25, 0.3) is 10.9 Å². The minimum Gasteiger partial charge on any atom is -0.361 e. The van der Waals surface area contributed by atoms with Crippen molar-refractivity contribution in [2.75, 3.05) is 13.6 Å². The number of nitrogens with one attached hydrogen (secondary N) is 3. The van der Waals surface area contributed by atoms with E-state index in [0.717, 1.165) is 30.3 Å². The number of nitrogens with zero attached hydrogens (tertiary/aromatic N) is 2. The van der Waals surface area contributed by atoms with Crippen molar-refractivity contribution in [2.24, 2.45) is 4.99 Å². The Hall–Kier alpha value is -2.09. The molecule has 0 bridgehead atoms. The summed E-state index contributed by atoms with van der Waals surface area (Å²) in [5.74, 6) is 0.790. The molecule has 132 valence electrons. The third kappa shape index (κ3) is 5.19. The summed E-state index contributed by atoms with van der Waals surface area (Å²) in [5, 5.41) is 7.94. The van der Waals surface area contributed by atoms with E-state index >= 15 is 0 Å². The maximum Gasteiger partial charge on any atom is 0.191 e. The Balaban J connectivity index is 0.00000225. The Morgan fingerprint density at radius 2 is 1.96 bits per heavy atom. The van der Waals surface area contributed by atoms with Gasteiger partial charge in [-0.15, -0.1) is 24.0 Å². The molecule has 0 radical (unpaired) electrons. The molecule has 2 aromatic heterocycles. The third-order valence-corrected chi connectivity index (χ3v) is 3.97. The second-order valence-electron chi connectivity index (χ2n) is 5.73. The van der Waals surface area contributed by atoms with Crippen molar-refractivity contribution in [1.82, 2.24) is 20.6 Å². The van der Waals surface area contributed by atoms with Gasteiger partial charge in [0.2, 0.25) is 0 Å². The molecule has 3 rings (SSSR count). The number of halogens is 1. The number of fused-ring (bicyclic) bond motifs is 1. The van der Waals surface area contributed by atoms with Crippen molar-refractivity contribution in [3.63, 3.8) is 0 Å². The quantitative estimate of drug-likeness (QED) is 0.318. The fourth-order valence-corrected chi connectivity index (χ4v) is 2.75. The second-order valence-corrected chi connectivity index (χ2v) is 5.73. The van der Waals surface area contributed by atoms with Gasteiger partial charge in [0.25, 0.3) is 0 Å². The Labute approximate surface area is 165 Å². The highest BCUT2D eigenvalue weighted by atomic mass is 127. The predicted molar refractivity (Wildman–Crippen MR) is 115 cm³/mol. The van der Waals surface area contributed by atoms with Gasteiger partial charge in [0.15, 0.2) is 5.96 Å². The van der Waals surface area contributed by atoms with Crippen LogP contribution in [0.1, 0.15) is 17.0 Å². The number of para-hydroxylation sites is 1. The van der Waals surface area contributed by atoms with Gasteiger partial charge in [-0.3, -0.25) is 9.98 Å². The molecule has 0 saturated heterocycles. The standard InChI is InChI=1S/C19H23N5.HI/c1-14-6-5-7-16(24-14)13-23-19(20-2)21-11-10-15-12-22-18-9-4-3-8-17(15)18;/h3-9,12,22H,10-11,13H2,1-2H3,(H2,20,21,23);1H. The molecule has 25 heavy (non-hydrogen) atoms. The molecule has 0 aliphatic carbocycles. The van der Waals surface area contributed by atoms with Crippen LogP contribution in [0.15, 0.2) is 53.7 Å². The number of hydrogen-bond donors (Lipinski definition) is 3. The van der Waals surface area contributed by atoms with Crippen LogP contribution in [0.4, 0.5) is 0 Å². The highest BCUT2D eigenvalue weighted by Gasteiger charge is 2.04. The summed E-state index contributed by atoms with van der Waals surface area (Å²) in [5.41, 5.74) is 4.53. The fraction of sp³-hybridized carbons (Fsp3) is 0.263. The molecule has 0 aliphatic rings. The summed E-state index contributed by atoms with van der Waals surface area (Å²) in [6.45, 7) is 3.48. The first-order valence-electron chi connectivity index (χ1n) is 8.18. The first-order valence-corrected chi connectivity index (χ1v) is 8.18. The summed E-state index contributed by atoms with van der Waals surface area (Å²) >= 11 is 0. The molecular weight excluding hydrogens is 425 g/mol. The molecule has 5 nitrogen and oxygen atoms in total. The van der Waals surface area contributed by atoms with E-state index in [1.165, 1.54) is 16.5 Å². The molecule has 0 saturated carbocycles. The van der Waals surface area contributed by atoms with Gasteiger partial charge in [0.1, 0.15) is 0 Å². The molecule has 1 aromatic carbocycles. The summed E-state index contributed by atoms with van der Waals surface area (Å²) in [6.07, 6.45) is 3.02. The van der Waals surface area contributed by atoms with Gasteiger partial charge < -0.3 is 15.6 Å². The summed E-state index contributed by atoms with van der Waals surface area (Å²) in [4.78, 5) is 12.1. The van der Waals surface area contributed by atoms with Crippen LogP contribution in [0.5, 0.6) is 0 Å². The lowest BCUT2D eigenvalue weighted by Gasteiger charge is -2.11. The van der Waals surface area contributed by atoms with Gasteiger partial charge in [-0.1, -0.05) is 24.3 Å². The van der Waals surface area contributed by atoms with E-state index in [9.17, 15) is 0 Å². The van der Waals surface area contributed by atoms with Gasteiger partial charge in [-0.05, 0) is 37.1 Å². The van der Waals surface area contributed by atoms with Crippen LogP contribution in [-0.4, -0.2) is 29.5 Å². The minimum atomic E-state index is 0. The summed E-state index contributed by atoms with van der Waals surface area (Å²) in [6, 6.07) is 14.4. The summed E-state index contributed by atoms with van der Waals surface area (Å²) < 4.78 is 0. The molecule has 6 heteroatoms. The zero-order valence-corrected chi connectivity index (χ0v) is 16.9. The van der Waals surface area contributed by atoms with Gasteiger partial charge in [-0.25, -0.2) is 0 Å². The minimum absolute atomic E-state index is 0. The molecular formula is C19H24IN5. The van der Waals surface area contributed by atoms with Gasteiger partial charge in [0.05, 0.1) is 12.2 Å². The Kier molecular flexibility index (Phi) is 7.24. The highest BCUT2D eigenvalue weighted by Crippen LogP contribution is 2.17. The Bertz CT molecular complexity index is 840. The van der Waals surface area contributed by atoms with Crippen LogP contribution >= 0.6 is 24.0 Å². The van der Waals surface area contributed by atoms with Crippen LogP contribution in [0, 0.1) is 6.92 Å². The van der Waals surface area contributed by atoms with E-state index in [-0.39, 0.29) is 24.0 Å². The lowest BCUT2D eigenvalue weighted by atomic mass is 10.1. The molecule has 0 fully saturated rings. The van der Waals surface area contributed by atoms with Crippen molar-refractivity contribution in [2.45, 2.75) is 19.9 Å². The summed E-state index contributed by atoms with van der Waals surface area (Å²) in [7, 11) is 1.78.